The van der Waals surface area contributed by atoms with Crippen LogP contribution in [0.4, 0.5) is 0 Å². The van der Waals surface area contributed by atoms with Crippen molar-refractivity contribution in [3.8, 4) is 0 Å². The summed E-state index contributed by atoms with van der Waals surface area (Å²) in [5.41, 5.74) is 1.03. The summed E-state index contributed by atoms with van der Waals surface area (Å²) in [5.74, 6) is -0.938. The van der Waals surface area contributed by atoms with Crippen LogP contribution in [0.25, 0.3) is 11.6 Å². The third-order valence-corrected chi connectivity index (χ3v) is 3.39. The molecule has 2 aromatic rings. The summed E-state index contributed by atoms with van der Waals surface area (Å²) in [6.45, 7) is 0. The first kappa shape index (κ1) is 12.0. The zero-order chi connectivity index (χ0) is 12.3. The largest absolute Gasteiger partial charge is 0.478 e. The normalized spacial score (nSPS) is 11.5. The number of nitrogens with zero attached hydrogens (tertiary/aromatic N) is 1. The lowest BCUT2D eigenvalue weighted by Crippen LogP contribution is -1.97. The van der Waals surface area contributed by atoms with Crippen LogP contribution in [-0.2, 0) is 4.79 Å². The highest BCUT2D eigenvalue weighted by Crippen LogP contribution is 2.23. The summed E-state index contributed by atoms with van der Waals surface area (Å²) in [4.78, 5) is 15.9. The summed E-state index contributed by atoms with van der Waals surface area (Å²) in [6, 6.07) is 5.44. The monoisotopic (exact) mass is 309 g/mol. The number of carboxylic acids is 1. The fraction of sp³-hybridized carbons (Fsp3) is 0. The zero-order valence-corrected chi connectivity index (χ0v) is 11.0. The van der Waals surface area contributed by atoms with Gasteiger partial charge < -0.3 is 5.11 Å². The number of carboxylic acid groups (broad SMARTS) is 1. The maximum Gasteiger partial charge on any atom is 0.337 e. The Hall–Kier alpha value is -1.46. The Balaban J connectivity index is 2.44. The summed E-state index contributed by atoms with van der Waals surface area (Å²) in [6.07, 6.45) is 4.90. The molecule has 0 saturated carbocycles. The minimum absolute atomic E-state index is 0.278. The van der Waals surface area contributed by atoms with E-state index in [0.717, 1.165) is 14.9 Å². The molecular formula is C12H8BrNO2S. The second-order valence-corrected chi connectivity index (χ2v) is 5.14. The van der Waals surface area contributed by atoms with Gasteiger partial charge in [-0.3, -0.25) is 4.98 Å². The molecule has 0 aliphatic carbocycles. The molecule has 2 rings (SSSR count). The Morgan fingerprint density at radius 3 is 2.88 bits per heavy atom. The SMILES string of the molecule is O=C(O)/C(=C/c1cncc(Br)c1)c1cccs1. The summed E-state index contributed by atoms with van der Waals surface area (Å²) in [5, 5.41) is 11.0. The Morgan fingerprint density at radius 2 is 2.29 bits per heavy atom. The second-order valence-electron chi connectivity index (χ2n) is 3.28. The quantitative estimate of drug-likeness (QED) is 0.882. The first-order valence-electron chi connectivity index (χ1n) is 4.76. The molecule has 1 N–H and O–H groups in total. The molecule has 0 spiro atoms. The molecule has 0 aliphatic rings. The molecule has 5 heteroatoms. The van der Waals surface area contributed by atoms with Gasteiger partial charge in [0.25, 0.3) is 0 Å². The van der Waals surface area contributed by atoms with Crippen molar-refractivity contribution in [2.24, 2.45) is 0 Å². The zero-order valence-electron chi connectivity index (χ0n) is 8.63. The van der Waals surface area contributed by atoms with Gasteiger partial charge >= 0.3 is 5.97 Å². The topological polar surface area (TPSA) is 50.2 Å². The summed E-state index contributed by atoms with van der Waals surface area (Å²) in [7, 11) is 0. The van der Waals surface area contributed by atoms with Crippen LogP contribution in [0.3, 0.4) is 0 Å². The number of hydrogen-bond donors (Lipinski definition) is 1. The summed E-state index contributed by atoms with van der Waals surface area (Å²) >= 11 is 4.70. The van der Waals surface area contributed by atoms with Crippen molar-refractivity contribution in [3.05, 3.63) is 50.9 Å². The lowest BCUT2D eigenvalue weighted by Gasteiger charge is -1.99. The highest BCUT2D eigenvalue weighted by molar-refractivity contribution is 9.10. The standard InChI is InChI=1S/C12H8BrNO2S/c13-9-4-8(6-14-7-9)5-10(12(15)16)11-2-1-3-17-11/h1-7H,(H,15,16)/b10-5+. The first-order chi connectivity index (χ1) is 8.16. The number of halogens is 1. The minimum Gasteiger partial charge on any atom is -0.478 e. The molecule has 0 saturated heterocycles. The van der Waals surface area contributed by atoms with E-state index in [-0.39, 0.29) is 5.57 Å². The van der Waals surface area contributed by atoms with Gasteiger partial charge in [0.2, 0.25) is 0 Å². The Morgan fingerprint density at radius 1 is 1.47 bits per heavy atom. The minimum atomic E-state index is -0.938. The van der Waals surface area contributed by atoms with Crippen LogP contribution in [0, 0.1) is 0 Å². The van der Waals surface area contributed by atoms with Gasteiger partial charge in [0.1, 0.15) is 0 Å². The number of aliphatic carboxylic acids is 1. The fourth-order valence-corrected chi connectivity index (χ4v) is 2.46. The third-order valence-electron chi connectivity index (χ3n) is 2.05. The van der Waals surface area contributed by atoms with Gasteiger partial charge in [-0.2, -0.15) is 0 Å². The van der Waals surface area contributed by atoms with Gasteiger partial charge in [0, 0.05) is 21.7 Å². The molecule has 86 valence electrons. The average Bonchev–Trinajstić information content (AvgIpc) is 2.78. The van der Waals surface area contributed by atoms with Crippen molar-refractivity contribution in [2.45, 2.75) is 0 Å². The van der Waals surface area contributed by atoms with Crippen LogP contribution in [0.1, 0.15) is 10.4 Å². The van der Waals surface area contributed by atoms with Crippen molar-refractivity contribution in [2.75, 3.05) is 0 Å². The van der Waals surface area contributed by atoms with Crippen molar-refractivity contribution >= 4 is 44.9 Å². The van der Waals surface area contributed by atoms with E-state index in [4.69, 9.17) is 0 Å². The molecule has 0 fully saturated rings. The highest BCUT2D eigenvalue weighted by atomic mass is 79.9. The van der Waals surface area contributed by atoms with Crippen LogP contribution in [0.15, 0.2) is 40.4 Å². The van der Waals surface area contributed by atoms with Gasteiger partial charge in [0.05, 0.1) is 5.57 Å². The van der Waals surface area contributed by atoms with E-state index in [0.29, 0.717) is 0 Å². The number of hydrogen-bond acceptors (Lipinski definition) is 3. The summed E-state index contributed by atoms with van der Waals surface area (Å²) < 4.78 is 0.821. The second kappa shape index (κ2) is 5.25. The van der Waals surface area contributed by atoms with Crippen molar-refractivity contribution in [1.82, 2.24) is 4.98 Å². The Labute approximate surface area is 111 Å². The number of thiophene rings is 1. The van der Waals surface area contributed by atoms with Gasteiger partial charge in [-0.25, -0.2) is 4.79 Å². The fourth-order valence-electron chi connectivity index (χ4n) is 1.34. The Bertz CT molecular complexity index is 564. The van der Waals surface area contributed by atoms with E-state index < -0.39 is 5.97 Å². The molecule has 3 nitrogen and oxygen atoms in total. The Kier molecular flexibility index (Phi) is 3.71. The molecule has 0 aliphatic heterocycles. The number of carbonyl (C=O) groups is 1. The van der Waals surface area contributed by atoms with Crippen LogP contribution in [0.2, 0.25) is 0 Å². The van der Waals surface area contributed by atoms with E-state index >= 15 is 0 Å². The predicted octanol–water partition coefficient (Wildman–Crippen LogP) is 3.53. The van der Waals surface area contributed by atoms with Gasteiger partial charge in [-0.1, -0.05) is 6.07 Å². The van der Waals surface area contributed by atoms with Crippen LogP contribution in [0.5, 0.6) is 0 Å². The number of pyridine rings is 1. The van der Waals surface area contributed by atoms with Gasteiger partial charge in [-0.15, -0.1) is 11.3 Å². The average molecular weight is 310 g/mol. The number of aromatic nitrogens is 1. The lowest BCUT2D eigenvalue weighted by molar-refractivity contribution is -0.130. The number of rotatable bonds is 3. The molecule has 2 aromatic heterocycles. The van der Waals surface area contributed by atoms with Crippen LogP contribution < -0.4 is 0 Å². The predicted molar refractivity (Wildman–Crippen MR) is 71.8 cm³/mol. The molecule has 0 bridgehead atoms. The maximum atomic E-state index is 11.2. The molecule has 0 unspecified atom stereocenters. The van der Waals surface area contributed by atoms with E-state index in [1.54, 1.807) is 24.5 Å². The molecule has 2 heterocycles. The highest BCUT2D eigenvalue weighted by Gasteiger charge is 2.11. The van der Waals surface area contributed by atoms with Gasteiger partial charge in [0.15, 0.2) is 0 Å². The van der Waals surface area contributed by atoms with E-state index in [1.165, 1.54) is 11.3 Å². The molecule has 0 atom stereocenters. The lowest BCUT2D eigenvalue weighted by atomic mass is 10.1. The molecule has 17 heavy (non-hydrogen) atoms. The van der Waals surface area contributed by atoms with Crippen LogP contribution in [-0.4, -0.2) is 16.1 Å². The molecule has 0 amide bonds. The van der Waals surface area contributed by atoms with Gasteiger partial charge in [-0.05, 0) is 45.1 Å². The maximum absolute atomic E-state index is 11.2. The van der Waals surface area contributed by atoms with E-state index in [2.05, 4.69) is 20.9 Å². The third kappa shape index (κ3) is 3.01. The molecule has 0 radical (unpaired) electrons. The first-order valence-corrected chi connectivity index (χ1v) is 6.43. The van der Waals surface area contributed by atoms with E-state index in [9.17, 15) is 9.90 Å². The van der Waals surface area contributed by atoms with Crippen molar-refractivity contribution < 1.29 is 9.90 Å². The van der Waals surface area contributed by atoms with Crippen molar-refractivity contribution in [3.63, 3.8) is 0 Å². The van der Waals surface area contributed by atoms with E-state index in [1.807, 2.05) is 17.5 Å². The smallest absolute Gasteiger partial charge is 0.337 e. The van der Waals surface area contributed by atoms with Crippen molar-refractivity contribution in [1.29, 1.82) is 0 Å². The van der Waals surface area contributed by atoms with Crippen LogP contribution >= 0.6 is 27.3 Å². The molecular weight excluding hydrogens is 302 g/mol. The molecule has 0 aromatic carbocycles.